The van der Waals surface area contributed by atoms with Gasteiger partial charge < -0.3 is 15.0 Å². The molecule has 1 aliphatic rings. The Balaban J connectivity index is 1.40. The summed E-state index contributed by atoms with van der Waals surface area (Å²) in [6.07, 6.45) is 0.0828. The minimum Gasteiger partial charge on any atom is -0.373 e. The van der Waals surface area contributed by atoms with Gasteiger partial charge in [-0.15, -0.1) is 0 Å². The molecule has 0 aliphatic carbocycles. The Morgan fingerprint density at radius 1 is 1.11 bits per heavy atom. The lowest BCUT2D eigenvalue weighted by Gasteiger charge is -2.35. The summed E-state index contributed by atoms with van der Waals surface area (Å²) in [5.41, 5.74) is 2.22. The van der Waals surface area contributed by atoms with Gasteiger partial charge in [-0.1, -0.05) is 48.5 Å². The number of benzene rings is 3. The van der Waals surface area contributed by atoms with Crippen molar-refractivity contribution in [2.24, 2.45) is 0 Å². The zero-order valence-corrected chi connectivity index (χ0v) is 15.6. The monoisotopic (exact) mass is 364 g/mol. The summed E-state index contributed by atoms with van der Waals surface area (Å²) in [6.45, 7) is 5.16. The molecule has 0 aromatic heterocycles. The average Bonchev–Trinajstić information content (AvgIpc) is 2.72. The van der Waals surface area contributed by atoms with Gasteiger partial charge >= 0.3 is 0 Å². The van der Waals surface area contributed by atoms with Gasteiger partial charge in [-0.05, 0) is 41.5 Å². The van der Waals surface area contributed by atoms with Crippen LogP contribution in [0.2, 0.25) is 0 Å². The Kier molecular flexibility index (Phi) is 5.37. The maximum absolute atomic E-state index is 13.5. The average molecular weight is 364 g/mol. The van der Waals surface area contributed by atoms with Crippen LogP contribution in [0, 0.1) is 5.82 Å². The molecule has 1 aliphatic heterocycles. The van der Waals surface area contributed by atoms with Gasteiger partial charge in [0, 0.05) is 31.4 Å². The first-order chi connectivity index (χ1) is 13.2. The van der Waals surface area contributed by atoms with E-state index in [1.165, 1.54) is 22.4 Å². The quantitative estimate of drug-likeness (QED) is 0.720. The predicted octanol–water partition coefficient (Wildman–Crippen LogP) is 4.53. The number of morpholine rings is 1. The smallest absolute Gasteiger partial charge is 0.125 e. The molecule has 3 nitrogen and oxygen atoms in total. The van der Waals surface area contributed by atoms with Gasteiger partial charge in [0.2, 0.25) is 0 Å². The zero-order valence-electron chi connectivity index (χ0n) is 15.6. The highest BCUT2D eigenvalue weighted by Gasteiger charge is 2.22. The van der Waals surface area contributed by atoms with E-state index in [0.29, 0.717) is 6.61 Å². The third kappa shape index (κ3) is 4.12. The van der Waals surface area contributed by atoms with E-state index >= 15 is 0 Å². The maximum atomic E-state index is 13.5. The van der Waals surface area contributed by atoms with E-state index in [1.54, 1.807) is 12.1 Å². The fraction of sp³-hybridized carbons (Fsp3) is 0.304. The summed E-state index contributed by atoms with van der Waals surface area (Å²) < 4.78 is 19.5. The summed E-state index contributed by atoms with van der Waals surface area (Å²) in [6, 6.07) is 21.9. The molecule has 3 aromatic carbocycles. The molecule has 0 saturated carbocycles. The third-order valence-corrected chi connectivity index (χ3v) is 5.25. The molecule has 1 heterocycles. The van der Waals surface area contributed by atoms with Crippen molar-refractivity contribution in [3.8, 4) is 0 Å². The topological polar surface area (TPSA) is 24.5 Å². The highest BCUT2D eigenvalue weighted by molar-refractivity contribution is 5.86. The first-order valence-electron chi connectivity index (χ1n) is 9.54. The molecule has 0 bridgehead atoms. The van der Waals surface area contributed by atoms with Gasteiger partial charge in [0.1, 0.15) is 5.82 Å². The molecule has 2 unspecified atom stereocenters. The highest BCUT2D eigenvalue weighted by Crippen LogP contribution is 2.24. The Bertz CT molecular complexity index is 908. The van der Waals surface area contributed by atoms with Crippen LogP contribution in [0.4, 0.5) is 10.1 Å². The number of hydrogen-bond donors (Lipinski definition) is 1. The lowest BCUT2D eigenvalue weighted by molar-refractivity contribution is 0.0394. The molecule has 2 atom stereocenters. The van der Waals surface area contributed by atoms with Crippen LogP contribution in [-0.4, -0.2) is 32.3 Å². The molecule has 0 spiro atoms. The molecule has 3 aromatic rings. The molecule has 27 heavy (non-hydrogen) atoms. The second-order valence-electron chi connectivity index (χ2n) is 7.12. The number of fused-ring (bicyclic) bond motifs is 1. The van der Waals surface area contributed by atoms with Crippen LogP contribution < -0.4 is 10.2 Å². The van der Waals surface area contributed by atoms with Gasteiger partial charge in [-0.2, -0.15) is 0 Å². The van der Waals surface area contributed by atoms with Crippen LogP contribution in [0.5, 0.6) is 0 Å². The summed E-state index contributed by atoms with van der Waals surface area (Å²) in [7, 11) is 0. The standard InChI is InChI=1S/C23H25FN2O/c1-17(22-11-4-7-18-6-2-3-10-23(18)22)25-15-21-16-26(12-13-27-21)20-9-5-8-19(24)14-20/h2-11,14,17,21,25H,12-13,15-16H2,1H3. The van der Waals surface area contributed by atoms with Gasteiger partial charge in [-0.25, -0.2) is 4.39 Å². The molecule has 1 N–H and O–H groups in total. The third-order valence-electron chi connectivity index (χ3n) is 5.25. The molecule has 1 saturated heterocycles. The summed E-state index contributed by atoms with van der Waals surface area (Å²) in [5.74, 6) is -0.196. The molecule has 140 valence electrons. The first-order valence-corrected chi connectivity index (χ1v) is 9.54. The normalized spacial score (nSPS) is 18.6. The van der Waals surface area contributed by atoms with Crippen molar-refractivity contribution < 1.29 is 9.13 Å². The van der Waals surface area contributed by atoms with E-state index in [0.717, 1.165) is 25.3 Å². The van der Waals surface area contributed by atoms with E-state index in [1.807, 2.05) is 6.07 Å². The largest absolute Gasteiger partial charge is 0.373 e. The minimum absolute atomic E-state index is 0.0828. The van der Waals surface area contributed by atoms with Crippen molar-refractivity contribution in [2.75, 3.05) is 31.1 Å². The summed E-state index contributed by atoms with van der Waals surface area (Å²) in [5, 5.41) is 6.16. The van der Waals surface area contributed by atoms with E-state index in [-0.39, 0.29) is 18.0 Å². The lowest BCUT2D eigenvalue weighted by Crippen LogP contribution is -2.47. The molecule has 0 amide bonds. The van der Waals surface area contributed by atoms with E-state index < -0.39 is 0 Å². The van der Waals surface area contributed by atoms with Crippen LogP contribution in [0.25, 0.3) is 10.8 Å². The molecule has 1 fully saturated rings. The Morgan fingerprint density at radius 2 is 1.93 bits per heavy atom. The van der Waals surface area contributed by atoms with Gasteiger partial charge in [-0.3, -0.25) is 0 Å². The Labute approximate surface area is 159 Å². The fourth-order valence-electron chi connectivity index (χ4n) is 3.80. The van der Waals surface area contributed by atoms with Crippen LogP contribution in [-0.2, 0) is 4.74 Å². The van der Waals surface area contributed by atoms with Crippen molar-refractivity contribution in [3.63, 3.8) is 0 Å². The molecule has 0 radical (unpaired) electrons. The second kappa shape index (κ2) is 8.07. The number of hydrogen-bond acceptors (Lipinski definition) is 3. The van der Waals surface area contributed by atoms with Crippen molar-refractivity contribution >= 4 is 16.5 Å². The number of anilines is 1. The SMILES string of the molecule is CC(NCC1CN(c2cccc(F)c2)CCO1)c1cccc2ccccc12. The van der Waals surface area contributed by atoms with E-state index in [2.05, 4.69) is 59.6 Å². The van der Waals surface area contributed by atoms with Crippen molar-refractivity contribution in [1.82, 2.24) is 5.32 Å². The Hall–Kier alpha value is -2.43. The fourth-order valence-corrected chi connectivity index (χ4v) is 3.80. The van der Waals surface area contributed by atoms with Crippen LogP contribution in [0.3, 0.4) is 0 Å². The second-order valence-corrected chi connectivity index (χ2v) is 7.12. The molecular weight excluding hydrogens is 339 g/mol. The predicted molar refractivity (Wildman–Crippen MR) is 109 cm³/mol. The van der Waals surface area contributed by atoms with Crippen LogP contribution in [0.1, 0.15) is 18.5 Å². The highest BCUT2D eigenvalue weighted by atomic mass is 19.1. The zero-order chi connectivity index (χ0) is 18.6. The number of rotatable bonds is 5. The van der Waals surface area contributed by atoms with Crippen LogP contribution in [0.15, 0.2) is 66.7 Å². The number of nitrogens with one attached hydrogen (secondary N) is 1. The van der Waals surface area contributed by atoms with Gasteiger partial charge in [0.15, 0.2) is 0 Å². The van der Waals surface area contributed by atoms with E-state index in [4.69, 9.17) is 4.74 Å². The number of nitrogens with zero attached hydrogens (tertiary/aromatic N) is 1. The molecule has 4 heteroatoms. The minimum atomic E-state index is -0.196. The number of ether oxygens (including phenoxy) is 1. The van der Waals surface area contributed by atoms with Crippen molar-refractivity contribution in [1.29, 1.82) is 0 Å². The first kappa shape index (κ1) is 18.0. The van der Waals surface area contributed by atoms with Gasteiger partial charge in [0.25, 0.3) is 0 Å². The summed E-state index contributed by atoms with van der Waals surface area (Å²) >= 11 is 0. The van der Waals surface area contributed by atoms with Crippen molar-refractivity contribution in [2.45, 2.75) is 19.1 Å². The maximum Gasteiger partial charge on any atom is 0.125 e. The molecule has 4 rings (SSSR count). The number of halogens is 1. The lowest BCUT2D eigenvalue weighted by atomic mass is 9.99. The Morgan fingerprint density at radius 3 is 2.81 bits per heavy atom. The van der Waals surface area contributed by atoms with Gasteiger partial charge in [0.05, 0.1) is 12.7 Å². The van der Waals surface area contributed by atoms with Crippen LogP contribution >= 0.6 is 0 Å². The summed E-state index contributed by atoms with van der Waals surface area (Å²) in [4.78, 5) is 2.20. The van der Waals surface area contributed by atoms with Crippen molar-refractivity contribution in [3.05, 3.63) is 78.1 Å². The van der Waals surface area contributed by atoms with E-state index in [9.17, 15) is 4.39 Å². The molecular formula is C23H25FN2O.